The maximum Gasteiger partial charge on any atom is 0.315 e. The average Bonchev–Trinajstić information content (AvgIpc) is 2.81. The van der Waals surface area contributed by atoms with E-state index in [4.69, 9.17) is 16.0 Å². The van der Waals surface area contributed by atoms with Gasteiger partial charge in [0.25, 0.3) is 0 Å². The predicted octanol–water partition coefficient (Wildman–Crippen LogP) is 4.00. The summed E-state index contributed by atoms with van der Waals surface area (Å²) in [7, 11) is 0. The molecule has 4 nitrogen and oxygen atoms in total. The van der Waals surface area contributed by atoms with Crippen molar-refractivity contribution < 1.29 is 4.42 Å². The molecule has 0 spiro atoms. The lowest BCUT2D eigenvalue weighted by molar-refractivity contribution is 0.281. The zero-order chi connectivity index (χ0) is 13.0. The van der Waals surface area contributed by atoms with Gasteiger partial charge in [-0.3, -0.25) is 0 Å². The quantitative estimate of drug-likeness (QED) is 0.823. The Labute approximate surface area is 113 Å². The Morgan fingerprint density at radius 2 is 2.06 bits per heavy atom. The van der Waals surface area contributed by atoms with Gasteiger partial charge in [-0.15, -0.1) is 16.7 Å². The second-order valence-electron chi connectivity index (χ2n) is 5.40. The third kappa shape index (κ3) is 3.87. The number of alkyl halides is 1. The number of nitrogens with zero attached hydrogens (tertiary/aromatic N) is 2. The van der Waals surface area contributed by atoms with Crippen LogP contribution >= 0.6 is 11.6 Å². The maximum atomic E-state index is 5.86. The highest BCUT2D eigenvalue weighted by atomic mass is 35.5. The second kappa shape index (κ2) is 6.41. The molecule has 1 saturated carbocycles. The lowest BCUT2D eigenvalue weighted by Gasteiger charge is -2.25. The fraction of sp³-hybridized carbons (Fsp3) is 0.846. The summed E-state index contributed by atoms with van der Waals surface area (Å²) < 4.78 is 5.39. The zero-order valence-electron chi connectivity index (χ0n) is 11.2. The summed E-state index contributed by atoms with van der Waals surface area (Å²) in [5.74, 6) is 2.24. The van der Waals surface area contributed by atoms with E-state index in [9.17, 15) is 0 Å². The Kier molecular flexibility index (Phi) is 4.87. The summed E-state index contributed by atoms with van der Waals surface area (Å²) in [6, 6.07) is 0.488. The molecule has 0 bridgehead atoms. The van der Waals surface area contributed by atoms with E-state index in [1.807, 2.05) is 6.92 Å². The minimum atomic E-state index is -0.229. The predicted molar refractivity (Wildman–Crippen MR) is 72.8 cm³/mol. The van der Waals surface area contributed by atoms with Crippen molar-refractivity contribution in [2.75, 3.05) is 11.9 Å². The van der Waals surface area contributed by atoms with Crippen LogP contribution in [0, 0.1) is 11.8 Å². The second-order valence-corrected chi connectivity index (χ2v) is 6.06. The van der Waals surface area contributed by atoms with Crippen molar-refractivity contribution in [3.63, 3.8) is 0 Å². The topological polar surface area (TPSA) is 51.0 Å². The summed E-state index contributed by atoms with van der Waals surface area (Å²) >= 11 is 5.86. The van der Waals surface area contributed by atoms with E-state index in [2.05, 4.69) is 22.4 Å². The molecule has 1 aliphatic carbocycles. The van der Waals surface area contributed by atoms with Crippen LogP contribution in [-0.4, -0.2) is 16.7 Å². The van der Waals surface area contributed by atoms with Crippen molar-refractivity contribution in [1.29, 1.82) is 0 Å². The smallest absolute Gasteiger partial charge is 0.315 e. The van der Waals surface area contributed by atoms with Crippen molar-refractivity contribution in [2.45, 2.75) is 51.3 Å². The lowest BCUT2D eigenvalue weighted by atomic mass is 9.81. The van der Waals surface area contributed by atoms with Gasteiger partial charge in [0.2, 0.25) is 5.89 Å². The van der Waals surface area contributed by atoms with E-state index >= 15 is 0 Å². The Hall–Kier alpha value is -0.770. The number of nitrogens with one attached hydrogen (secondary N) is 1. The molecule has 0 aromatic carbocycles. The molecule has 1 fully saturated rings. The fourth-order valence-electron chi connectivity index (χ4n) is 2.47. The third-order valence-electron chi connectivity index (χ3n) is 3.75. The highest BCUT2D eigenvalue weighted by molar-refractivity contribution is 6.20. The van der Waals surface area contributed by atoms with Gasteiger partial charge in [-0.25, -0.2) is 0 Å². The molecule has 102 valence electrons. The fourth-order valence-corrected chi connectivity index (χ4v) is 2.56. The minimum Gasteiger partial charge on any atom is -0.407 e. The van der Waals surface area contributed by atoms with Gasteiger partial charge in [0.15, 0.2) is 0 Å². The Balaban J connectivity index is 1.68. The van der Waals surface area contributed by atoms with Crippen molar-refractivity contribution in [3.05, 3.63) is 5.89 Å². The van der Waals surface area contributed by atoms with Gasteiger partial charge < -0.3 is 9.73 Å². The number of rotatable bonds is 5. The molecule has 1 aliphatic rings. The van der Waals surface area contributed by atoms with Gasteiger partial charge in [-0.2, -0.15) is 0 Å². The van der Waals surface area contributed by atoms with E-state index < -0.39 is 0 Å². The van der Waals surface area contributed by atoms with Crippen molar-refractivity contribution >= 4 is 17.6 Å². The molecule has 0 radical (unpaired) electrons. The van der Waals surface area contributed by atoms with Crippen LogP contribution in [0.2, 0.25) is 0 Å². The number of halogens is 1. The molecule has 1 atom stereocenters. The molecule has 1 aromatic heterocycles. The molecule has 5 heteroatoms. The van der Waals surface area contributed by atoms with Gasteiger partial charge in [0.1, 0.15) is 5.38 Å². The molecule has 0 aliphatic heterocycles. The van der Waals surface area contributed by atoms with E-state index in [1.165, 1.54) is 32.1 Å². The summed E-state index contributed by atoms with van der Waals surface area (Å²) in [5.41, 5.74) is 0. The van der Waals surface area contributed by atoms with Crippen molar-refractivity contribution in [3.8, 4) is 0 Å². The Morgan fingerprint density at radius 1 is 1.33 bits per heavy atom. The highest BCUT2D eigenvalue weighted by Gasteiger charge is 2.18. The monoisotopic (exact) mass is 271 g/mol. The van der Waals surface area contributed by atoms with Crippen LogP contribution in [0.15, 0.2) is 4.42 Å². The summed E-state index contributed by atoms with van der Waals surface area (Å²) in [6.45, 7) is 5.07. The van der Waals surface area contributed by atoms with Crippen LogP contribution in [0.25, 0.3) is 0 Å². The highest BCUT2D eigenvalue weighted by Crippen LogP contribution is 2.30. The number of hydrogen-bond acceptors (Lipinski definition) is 4. The van der Waals surface area contributed by atoms with Crippen LogP contribution in [0.5, 0.6) is 0 Å². The first-order valence-corrected chi connectivity index (χ1v) is 7.30. The molecular weight excluding hydrogens is 250 g/mol. The Morgan fingerprint density at radius 3 is 2.67 bits per heavy atom. The van der Waals surface area contributed by atoms with Crippen molar-refractivity contribution in [2.24, 2.45) is 11.8 Å². The SMILES string of the molecule is CC1CCC(CCNc2nnc(C(C)Cl)o2)CC1. The molecule has 0 amide bonds. The molecule has 1 unspecified atom stereocenters. The molecule has 0 saturated heterocycles. The molecule has 2 rings (SSSR count). The molecular formula is C13H22ClN3O. The van der Waals surface area contributed by atoms with Gasteiger partial charge in [-0.05, 0) is 25.2 Å². The van der Waals surface area contributed by atoms with Crippen LogP contribution in [0.1, 0.15) is 57.2 Å². The normalized spacial score (nSPS) is 25.9. The van der Waals surface area contributed by atoms with E-state index in [1.54, 1.807) is 0 Å². The first kappa shape index (κ1) is 13.7. The maximum absolute atomic E-state index is 5.86. The molecule has 18 heavy (non-hydrogen) atoms. The molecule has 1 N–H and O–H groups in total. The first-order valence-electron chi connectivity index (χ1n) is 6.86. The van der Waals surface area contributed by atoms with Gasteiger partial charge in [-0.1, -0.05) is 37.7 Å². The van der Waals surface area contributed by atoms with Gasteiger partial charge in [0.05, 0.1) is 0 Å². The van der Waals surface area contributed by atoms with Crippen LogP contribution in [-0.2, 0) is 0 Å². The van der Waals surface area contributed by atoms with Crippen LogP contribution in [0.3, 0.4) is 0 Å². The van der Waals surface area contributed by atoms with E-state index in [0.717, 1.165) is 18.4 Å². The summed E-state index contributed by atoms with van der Waals surface area (Å²) in [6.07, 6.45) is 6.65. The number of aromatic nitrogens is 2. The van der Waals surface area contributed by atoms with Crippen molar-refractivity contribution in [1.82, 2.24) is 10.2 Å². The lowest BCUT2D eigenvalue weighted by Crippen LogP contribution is -2.15. The van der Waals surface area contributed by atoms with E-state index in [0.29, 0.717) is 11.9 Å². The largest absolute Gasteiger partial charge is 0.407 e. The average molecular weight is 272 g/mol. The van der Waals surface area contributed by atoms with Crippen LogP contribution < -0.4 is 5.32 Å². The Bertz CT molecular complexity index is 359. The summed E-state index contributed by atoms with van der Waals surface area (Å²) in [4.78, 5) is 0. The van der Waals surface area contributed by atoms with E-state index in [-0.39, 0.29) is 5.38 Å². The van der Waals surface area contributed by atoms with Crippen LogP contribution in [0.4, 0.5) is 6.01 Å². The number of hydrogen-bond donors (Lipinski definition) is 1. The molecule has 1 heterocycles. The third-order valence-corrected chi connectivity index (χ3v) is 3.93. The minimum absolute atomic E-state index is 0.229. The standard InChI is InChI=1S/C13H22ClN3O/c1-9-3-5-11(6-4-9)7-8-15-13-17-16-12(18-13)10(2)14/h9-11H,3-8H2,1-2H3,(H,15,17). The first-order chi connectivity index (χ1) is 8.65. The van der Waals surface area contributed by atoms with Gasteiger partial charge >= 0.3 is 6.01 Å². The number of anilines is 1. The zero-order valence-corrected chi connectivity index (χ0v) is 11.9. The van der Waals surface area contributed by atoms with Gasteiger partial charge in [0, 0.05) is 6.54 Å². The summed E-state index contributed by atoms with van der Waals surface area (Å²) in [5, 5.41) is 10.8. The molecule has 1 aromatic rings.